The fourth-order valence-corrected chi connectivity index (χ4v) is 2.55. The highest BCUT2D eigenvalue weighted by molar-refractivity contribution is 5.75. The van der Waals surface area contributed by atoms with Gasteiger partial charge in [-0.3, -0.25) is 4.79 Å². The number of ether oxygens (including phenoxy) is 1. The first-order valence-electron chi connectivity index (χ1n) is 8.63. The summed E-state index contributed by atoms with van der Waals surface area (Å²) in [5, 5.41) is 0. The lowest BCUT2D eigenvalue weighted by Crippen LogP contribution is -2.35. The zero-order chi connectivity index (χ0) is 16.2. The quantitative estimate of drug-likeness (QED) is 0.626. The van der Waals surface area contributed by atoms with Gasteiger partial charge in [0.05, 0.1) is 6.61 Å². The molecule has 0 aliphatic heterocycles. The van der Waals surface area contributed by atoms with Gasteiger partial charge in [-0.15, -0.1) is 0 Å². The van der Waals surface area contributed by atoms with Crippen LogP contribution in [0.1, 0.15) is 57.9 Å². The normalized spacial score (nSPS) is 12.4. The summed E-state index contributed by atoms with van der Waals surface area (Å²) in [6.45, 7) is 4.90. The van der Waals surface area contributed by atoms with E-state index in [1.807, 2.05) is 30.3 Å². The van der Waals surface area contributed by atoms with E-state index < -0.39 is 6.04 Å². The van der Waals surface area contributed by atoms with E-state index in [0.717, 1.165) is 18.4 Å². The monoisotopic (exact) mass is 305 g/mol. The van der Waals surface area contributed by atoms with Gasteiger partial charge in [0.25, 0.3) is 0 Å². The van der Waals surface area contributed by atoms with Crippen molar-refractivity contribution in [3.8, 4) is 0 Å². The molecule has 0 saturated heterocycles. The molecule has 0 heterocycles. The first-order valence-corrected chi connectivity index (χ1v) is 8.63. The molecular weight excluding hydrogens is 274 g/mol. The zero-order valence-corrected chi connectivity index (χ0v) is 14.1. The number of esters is 1. The maximum atomic E-state index is 12.1. The molecular formula is C19H31NO2. The molecule has 0 bridgehead atoms. The summed E-state index contributed by atoms with van der Waals surface area (Å²) >= 11 is 0. The van der Waals surface area contributed by atoms with Gasteiger partial charge in [-0.2, -0.15) is 0 Å². The third kappa shape index (κ3) is 7.60. The molecule has 1 rings (SSSR count). The second-order valence-corrected chi connectivity index (χ2v) is 6.08. The average molecular weight is 305 g/mol. The van der Waals surface area contributed by atoms with Crippen LogP contribution in [0.2, 0.25) is 0 Å². The summed E-state index contributed by atoms with van der Waals surface area (Å²) in [5.41, 5.74) is 7.03. The molecule has 124 valence electrons. The first-order chi connectivity index (χ1) is 10.7. The highest BCUT2D eigenvalue weighted by atomic mass is 16.5. The summed E-state index contributed by atoms with van der Waals surface area (Å²) in [6, 6.07) is 9.27. The molecule has 0 amide bonds. The van der Waals surface area contributed by atoms with Crippen molar-refractivity contribution in [3.05, 3.63) is 35.9 Å². The molecule has 0 aliphatic carbocycles. The summed E-state index contributed by atoms with van der Waals surface area (Å²) in [5.74, 6) is 0.203. The topological polar surface area (TPSA) is 52.3 Å². The smallest absolute Gasteiger partial charge is 0.323 e. The molecule has 0 spiro atoms. The number of hydrogen-bond acceptors (Lipinski definition) is 3. The van der Waals surface area contributed by atoms with Crippen LogP contribution >= 0.6 is 0 Å². The lowest BCUT2D eigenvalue weighted by molar-refractivity contribution is -0.146. The van der Waals surface area contributed by atoms with Gasteiger partial charge in [0, 0.05) is 0 Å². The lowest BCUT2D eigenvalue weighted by atomic mass is 9.97. The third-order valence-corrected chi connectivity index (χ3v) is 3.99. The van der Waals surface area contributed by atoms with Crippen LogP contribution in [0.5, 0.6) is 0 Å². The van der Waals surface area contributed by atoms with Crippen molar-refractivity contribution in [2.45, 2.75) is 64.8 Å². The SMILES string of the molecule is CCCCC(CCCC)COC(=O)[C@@H](N)Cc1ccccc1. The van der Waals surface area contributed by atoms with Gasteiger partial charge >= 0.3 is 5.97 Å². The van der Waals surface area contributed by atoms with Gasteiger partial charge in [0.15, 0.2) is 0 Å². The van der Waals surface area contributed by atoms with Gasteiger partial charge < -0.3 is 10.5 Å². The van der Waals surface area contributed by atoms with Gasteiger partial charge in [-0.25, -0.2) is 0 Å². The Labute approximate surface area is 135 Å². The van der Waals surface area contributed by atoms with Gasteiger partial charge in [0.2, 0.25) is 0 Å². The molecule has 3 heteroatoms. The molecule has 0 aliphatic rings. The number of nitrogens with two attached hydrogens (primary N) is 1. The van der Waals surface area contributed by atoms with Crippen LogP contribution in [-0.4, -0.2) is 18.6 Å². The molecule has 0 saturated carbocycles. The molecule has 0 radical (unpaired) electrons. The fourth-order valence-electron chi connectivity index (χ4n) is 2.55. The minimum absolute atomic E-state index is 0.276. The second-order valence-electron chi connectivity index (χ2n) is 6.08. The van der Waals surface area contributed by atoms with Gasteiger partial charge in [-0.1, -0.05) is 69.9 Å². The Morgan fingerprint density at radius 1 is 1.09 bits per heavy atom. The molecule has 1 atom stereocenters. The minimum Gasteiger partial charge on any atom is -0.464 e. The van der Waals surface area contributed by atoms with Crippen molar-refractivity contribution in [2.75, 3.05) is 6.61 Å². The van der Waals surface area contributed by atoms with E-state index in [-0.39, 0.29) is 5.97 Å². The van der Waals surface area contributed by atoms with Crippen molar-refractivity contribution < 1.29 is 9.53 Å². The number of unbranched alkanes of at least 4 members (excludes halogenated alkanes) is 2. The number of hydrogen-bond donors (Lipinski definition) is 1. The second kappa shape index (κ2) is 11.2. The van der Waals surface area contributed by atoms with Crippen LogP contribution in [0.4, 0.5) is 0 Å². The van der Waals surface area contributed by atoms with E-state index in [2.05, 4.69) is 13.8 Å². The highest BCUT2D eigenvalue weighted by Gasteiger charge is 2.18. The summed E-state index contributed by atoms with van der Waals surface area (Å²) in [6.07, 6.45) is 7.57. The molecule has 1 aromatic carbocycles. The standard InChI is InChI=1S/C19H31NO2/c1-3-5-10-17(11-6-4-2)15-22-19(21)18(20)14-16-12-8-7-9-13-16/h7-9,12-13,17-18H,3-6,10-11,14-15,20H2,1-2H3/t18-/m0/s1. The average Bonchev–Trinajstić information content (AvgIpc) is 2.54. The number of rotatable bonds is 11. The first kappa shape index (κ1) is 18.7. The summed E-state index contributed by atoms with van der Waals surface area (Å²) in [4.78, 5) is 12.1. The molecule has 2 N–H and O–H groups in total. The zero-order valence-electron chi connectivity index (χ0n) is 14.1. The van der Waals surface area contributed by atoms with Crippen LogP contribution in [0.25, 0.3) is 0 Å². The summed E-state index contributed by atoms with van der Waals surface area (Å²) in [7, 11) is 0. The number of benzene rings is 1. The summed E-state index contributed by atoms with van der Waals surface area (Å²) < 4.78 is 5.47. The van der Waals surface area contributed by atoms with Crippen LogP contribution in [0.15, 0.2) is 30.3 Å². The van der Waals surface area contributed by atoms with E-state index in [0.29, 0.717) is 18.9 Å². The van der Waals surface area contributed by atoms with E-state index in [9.17, 15) is 4.79 Å². The maximum absolute atomic E-state index is 12.1. The van der Waals surface area contributed by atoms with E-state index >= 15 is 0 Å². The van der Waals surface area contributed by atoms with Crippen LogP contribution in [0.3, 0.4) is 0 Å². The Hall–Kier alpha value is -1.35. The van der Waals surface area contributed by atoms with E-state index in [1.54, 1.807) is 0 Å². The predicted molar refractivity (Wildman–Crippen MR) is 91.6 cm³/mol. The van der Waals surface area contributed by atoms with E-state index in [1.165, 1.54) is 25.7 Å². The number of carbonyl (C=O) groups excluding carboxylic acids is 1. The number of carbonyl (C=O) groups is 1. The van der Waals surface area contributed by atoms with Crippen molar-refractivity contribution in [2.24, 2.45) is 11.7 Å². The Balaban J connectivity index is 2.37. The molecule has 0 aromatic heterocycles. The minimum atomic E-state index is -0.569. The van der Waals surface area contributed by atoms with Gasteiger partial charge in [-0.05, 0) is 30.7 Å². The third-order valence-electron chi connectivity index (χ3n) is 3.99. The van der Waals surface area contributed by atoms with Crippen LogP contribution in [0, 0.1) is 5.92 Å². The Bertz CT molecular complexity index is 397. The maximum Gasteiger partial charge on any atom is 0.323 e. The molecule has 0 unspecified atom stereocenters. The molecule has 1 aromatic rings. The van der Waals surface area contributed by atoms with Crippen molar-refractivity contribution >= 4 is 5.97 Å². The van der Waals surface area contributed by atoms with Crippen molar-refractivity contribution in [1.29, 1.82) is 0 Å². The van der Waals surface area contributed by atoms with Crippen molar-refractivity contribution in [1.82, 2.24) is 0 Å². The van der Waals surface area contributed by atoms with Gasteiger partial charge in [0.1, 0.15) is 6.04 Å². The molecule has 22 heavy (non-hydrogen) atoms. The van der Waals surface area contributed by atoms with Crippen LogP contribution < -0.4 is 5.73 Å². The lowest BCUT2D eigenvalue weighted by Gasteiger charge is -2.18. The highest BCUT2D eigenvalue weighted by Crippen LogP contribution is 2.17. The Morgan fingerprint density at radius 2 is 1.68 bits per heavy atom. The van der Waals surface area contributed by atoms with Crippen molar-refractivity contribution in [3.63, 3.8) is 0 Å². The van der Waals surface area contributed by atoms with E-state index in [4.69, 9.17) is 10.5 Å². The Morgan fingerprint density at radius 3 is 2.23 bits per heavy atom. The largest absolute Gasteiger partial charge is 0.464 e. The molecule has 0 fully saturated rings. The van der Waals surface area contributed by atoms with Crippen LogP contribution in [-0.2, 0) is 16.0 Å². The molecule has 3 nitrogen and oxygen atoms in total. The fraction of sp³-hybridized carbons (Fsp3) is 0.632. The Kier molecular flexibility index (Phi) is 9.56. The predicted octanol–water partition coefficient (Wildman–Crippen LogP) is 4.10.